The van der Waals surface area contributed by atoms with Gasteiger partial charge in [0, 0.05) is 19.0 Å². The highest BCUT2D eigenvalue weighted by Crippen LogP contribution is 2.35. The number of amides is 4. The van der Waals surface area contributed by atoms with Gasteiger partial charge in [-0.25, -0.2) is 9.78 Å². The number of para-hydroxylation sites is 1. The van der Waals surface area contributed by atoms with E-state index in [-0.39, 0.29) is 36.9 Å². The predicted molar refractivity (Wildman–Crippen MR) is 113 cm³/mol. The fourth-order valence-corrected chi connectivity index (χ4v) is 5.30. The second-order valence-electron chi connectivity index (χ2n) is 7.91. The first kappa shape index (κ1) is 19.8. The van der Waals surface area contributed by atoms with Crippen LogP contribution in [0.4, 0.5) is 9.93 Å². The quantitative estimate of drug-likeness (QED) is 0.731. The Labute approximate surface area is 174 Å². The number of benzene rings is 1. The number of nitrogens with zero attached hydrogens (tertiary/aromatic N) is 3. The van der Waals surface area contributed by atoms with Crippen molar-refractivity contribution in [2.24, 2.45) is 0 Å². The molecule has 7 nitrogen and oxygen atoms in total. The summed E-state index contributed by atoms with van der Waals surface area (Å²) in [6, 6.07) is 7.41. The predicted octanol–water partition coefficient (Wildman–Crippen LogP) is 3.68. The van der Waals surface area contributed by atoms with Gasteiger partial charge in [-0.1, -0.05) is 43.2 Å². The maximum atomic E-state index is 13.1. The first-order valence-corrected chi connectivity index (χ1v) is 11.1. The third-order valence-electron chi connectivity index (χ3n) is 6.04. The van der Waals surface area contributed by atoms with Gasteiger partial charge in [0.1, 0.15) is 5.54 Å². The second kappa shape index (κ2) is 7.74. The number of nitrogens with one attached hydrogen (secondary N) is 1. The molecule has 8 heteroatoms. The summed E-state index contributed by atoms with van der Waals surface area (Å²) in [6.45, 7) is 4.12. The molecule has 2 aromatic rings. The molecule has 29 heavy (non-hydrogen) atoms. The van der Waals surface area contributed by atoms with Crippen molar-refractivity contribution < 1.29 is 14.4 Å². The Bertz CT molecular complexity index is 917. The van der Waals surface area contributed by atoms with Crippen molar-refractivity contribution in [3.05, 3.63) is 24.3 Å². The molecular weight excluding hydrogens is 388 g/mol. The van der Waals surface area contributed by atoms with Crippen LogP contribution in [0.3, 0.4) is 0 Å². The van der Waals surface area contributed by atoms with Gasteiger partial charge in [0.2, 0.25) is 5.91 Å². The summed E-state index contributed by atoms with van der Waals surface area (Å²) < 4.78 is 1.03. The van der Waals surface area contributed by atoms with E-state index in [1.807, 2.05) is 38.1 Å². The summed E-state index contributed by atoms with van der Waals surface area (Å²) in [5.74, 6) is -0.297. The second-order valence-corrected chi connectivity index (χ2v) is 8.92. The van der Waals surface area contributed by atoms with Crippen LogP contribution >= 0.6 is 11.3 Å². The highest BCUT2D eigenvalue weighted by molar-refractivity contribution is 7.22. The highest BCUT2D eigenvalue weighted by Gasteiger charge is 2.52. The molecule has 1 atom stereocenters. The number of carbonyl (C=O) groups is 3. The zero-order valence-electron chi connectivity index (χ0n) is 16.8. The Morgan fingerprint density at radius 2 is 2.03 bits per heavy atom. The van der Waals surface area contributed by atoms with Crippen molar-refractivity contribution >= 4 is 44.5 Å². The molecule has 0 radical (unpaired) electrons. The van der Waals surface area contributed by atoms with E-state index in [2.05, 4.69) is 10.3 Å². The Morgan fingerprint density at radius 1 is 1.31 bits per heavy atom. The number of hydrogen-bond acceptors (Lipinski definition) is 5. The monoisotopic (exact) mass is 414 g/mol. The molecule has 1 unspecified atom stereocenters. The maximum absolute atomic E-state index is 13.1. The number of anilines is 1. The first-order chi connectivity index (χ1) is 13.9. The van der Waals surface area contributed by atoms with Crippen molar-refractivity contribution in [3.8, 4) is 0 Å². The van der Waals surface area contributed by atoms with Gasteiger partial charge in [0.05, 0.1) is 10.2 Å². The average molecular weight is 415 g/mol. The van der Waals surface area contributed by atoms with Crippen LogP contribution < -0.4 is 10.2 Å². The van der Waals surface area contributed by atoms with E-state index < -0.39 is 5.54 Å². The molecule has 4 rings (SSSR count). The van der Waals surface area contributed by atoms with E-state index in [0.29, 0.717) is 18.0 Å². The van der Waals surface area contributed by atoms with Crippen molar-refractivity contribution in [2.45, 2.75) is 64.0 Å². The molecule has 0 bridgehead atoms. The molecule has 1 aromatic heterocycles. The lowest BCUT2D eigenvalue weighted by atomic mass is 9.98. The molecule has 1 saturated heterocycles. The molecular formula is C21H26N4O3S. The topological polar surface area (TPSA) is 82.6 Å². The molecule has 2 heterocycles. The molecule has 2 fully saturated rings. The first-order valence-electron chi connectivity index (χ1n) is 10.3. The Hall–Kier alpha value is -2.48. The molecule has 2 aliphatic rings. The number of thiazole rings is 1. The lowest BCUT2D eigenvalue weighted by molar-refractivity contribution is -0.131. The average Bonchev–Trinajstić information content (AvgIpc) is 3.40. The van der Waals surface area contributed by atoms with Gasteiger partial charge in [0.25, 0.3) is 5.91 Å². The van der Waals surface area contributed by atoms with Crippen molar-refractivity contribution in [1.82, 2.24) is 15.2 Å². The van der Waals surface area contributed by atoms with E-state index in [0.717, 1.165) is 29.5 Å². The smallest absolute Gasteiger partial charge is 0.323 e. The number of urea groups is 1. The number of hydrogen-bond donors (Lipinski definition) is 1. The minimum absolute atomic E-state index is 0.0210. The van der Waals surface area contributed by atoms with Crippen molar-refractivity contribution in [3.63, 3.8) is 0 Å². The Morgan fingerprint density at radius 3 is 2.72 bits per heavy atom. The van der Waals surface area contributed by atoms with Crippen LogP contribution in [0.2, 0.25) is 0 Å². The van der Waals surface area contributed by atoms with Crippen LogP contribution in [0.1, 0.15) is 52.4 Å². The third-order valence-corrected chi connectivity index (χ3v) is 7.08. The Balaban J connectivity index is 1.50. The van der Waals surface area contributed by atoms with E-state index in [9.17, 15) is 14.4 Å². The van der Waals surface area contributed by atoms with Crippen LogP contribution in [0.25, 0.3) is 10.2 Å². The van der Waals surface area contributed by atoms with E-state index in [1.54, 1.807) is 4.90 Å². The zero-order valence-corrected chi connectivity index (χ0v) is 17.6. The van der Waals surface area contributed by atoms with Crippen LogP contribution in [-0.2, 0) is 9.59 Å². The third kappa shape index (κ3) is 3.50. The molecule has 1 saturated carbocycles. The largest absolute Gasteiger partial charge is 0.325 e. The number of rotatable bonds is 6. The molecule has 4 amide bonds. The minimum Gasteiger partial charge on any atom is -0.323 e. The van der Waals surface area contributed by atoms with Gasteiger partial charge in [-0.3, -0.25) is 19.4 Å². The van der Waals surface area contributed by atoms with Crippen LogP contribution in [0, 0.1) is 0 Å². The molecule has 1 spiro atoms. The van der Waals surface area contributed by atoms with Crippen molar-refractivity contribution in [2.75, 3.05) is 11.4 Å². The van der Waals surface area contributed by atoms with Gasteiger partial charge in [-0.15, -0.1) is 0 Å². The summed E-state index contributed by atoms with van der Waals surface area (Å²) in [5, 5.41) is 3.53. The van der Waals surface area contributed by atoms with E-state index in [4.69, 9.17) is 0 Å². The maximum Gasteiger partial charge on any atom is 0.325 e. The van der Waals surface area contributed by atoms with Gasteiger partial charge in [0.15, 0.2) is 5.13 Å². The fourth-order valence-electron chi connectivity index (χ4n) is 4.21. The normalized spacial score (nSPS) is 19.2. The zero-order chi connectivity index (χ0) is 20.6. The standard InChI is InChI=1S/C21H26N4O3S/c1-3-14(2)25(20-22-15-8-4-5-9-16(15)29-20)17(26)10-13-24-18(27)21(23-19(24)28)11-6-7-12-21/h4-5,8-9,14H,3,6-7,10-13H2,1-2H3,(H,23,28). The number of imide groups is 1. The number of aromatic nitrogens is 1. The molecule has 154 valence electrons. The summed E-state index contributed by atoms with van der Waals surface area (Å²) in [5.41, 5.74) is 0.134. The van der Waals surface area contributed by atoms with Gasteiger partial charge in [-0.05, 0) is 38.3 Å². The Kier molecular flexibility index (Phi) is 5.29. The van der Waals surface area contributed by atoms with E-state index in [1.165, 1.54) is 16.2 Å². The lowest BCUT2D eigenvalue weighted by Gasteiger charge is -2.27. The lowest BCUT2D eigenvalue weighted by Crippen LogP contribution is -2.44. The van der Waals surface area contributed by atoms with Crippen LogP contribution in [-0.4, -0.2) is 45.9 Å². The summed E-state index contributed by atoms with van der Waals surface area (Å²) in [4.78, 5) is 45.9. The van der Waals surface area contributed by atoms with Crippen LogP contribution in [0.5, 0.6) is 0 Å². The molecule has 1 aliphatic heterocycles. The fraction of sp³-hybridized carbons (Fsp3) is 0.524. The highest BCUT2D eigenvalue weighted by atomic mass is 32.1. The van der Waals surface area contributed by atoms with Gasteiger partial charge in [-0.2, -0.15) is 0 Å². The summed E-state index contributed by atoms with van der Waals surface area (Å²) in [6.07, 6.45) is 4.14. The molecule has 1 aromatic carbocycles. The molecule has 1 N–H and O–H groups in total. The SMILES string of the molecule is CCC(C)N(C(=O)CCN1C(=O)NC2(CCCC2)C1=O)c1nc2ccccc2s1. The summed E-state index contributed by atoms with van der Waals surface area (Å²) in [7, 11) is 0. The van der Waals surface area contributed by atoms with E-state index >= 15 is 0 Å². The number of carbonyl (C=O) groups excluding carboxylic acids is 3. The number of fused-ring (bicyclic) bond motifs is 1. The molecule has 1 aliphatic carbocycles. The van der Waals surface area contributed by atoms with Gasteiger partial charge >= 0.3 is 6.03 Å². The summed E-state index contributed by atoms with van der Waals surface area (Å²) >= 11 is 1.49. The minimum atomic E-state index is -0.733. The van der Waals surface area contributed by atoms with Crippen LogP contribution in [0.15, 0.2) is 24.3 Å². The van der Waals surface area contributed by atoms with Crippen molar-refractivity contribution in [1.29, 1.82) is 0 Å². The van der Waals surface area contributed by atoms with Gasteiger partial charge < -0.3 is 5.32 Å².